The zero-order chi connectivity index (χ0) is 16.4. The molecule has 0 atom stereocenters. The zero-order valence-electron chi connectivity index (χ0n) is 12.1. The fourth-order valence-corrected chi connectivity index (χ4v) is 2.13. The maximum Gasteiger partial charge on any atom is 0.306 e. The van der Waals surface area contributed by atoms with Crippen molar-refractivity contribution in [2.24, 2.45) is 0 Å². The lowest BCUT2D eigenvalue weighted by atomic mass is 10.3. The lowest BCUT2D eigenvalue weighted by Crippen LogP contribution is -2.34. The van der Waals surface area contributed by atoms with Crippen LogP contribution in [0.5, 0.6) is 0 Å². The number of carbonyl (C=O) groups excluding carboxylic acids is 3. The van der Waals surface area contributed by atoms with E-state index in [0.717, 1.165) is 0 Å². The maximum absolute atomic E-state index is 12.7. The Labute approximate surface area is 131 Å². The molecule has 8 heteroatoms. The summed E-state index contributed by atoms with van der Waals surface area (Å²) in [5, 5.41) is 4.98. The Kier molecular flexibility index (Phi) is 7.98. The van der Waals surface area contributed by atoms with Gasteiger partial charge in [-0.3, -0.25) is 14.4 Å². The largest absolute Gasteiger partial charge is 0.469 e. The van der Waals surface area contributed by atoms with Crippen LogP contribution in [-0.4, -0.2) is 42.9 Å². The molecule has 22 heavy (non-hydrogen) atoms. The molecule has 1 aromatic rings. The predicted octanol–water partition coefficient (Wildman–Crippen LogP) is 1.18. The van der Waals surface area contributed by atoms with Crippen molar-refractivity contribution in [3.63, 3.8) is 0 Å². The molecular weight excluding hydrogens is 311 g/mol. The van der Waals surface area contributed by atoms with Crippen molar-refractivity contribution < 1.29 is 23.5 Å². The van der Waals surface area contributed by atoms with Gasteiger partial charge in [0.15, 0.2) is 0 Å². The van der Waals surface area contributed by atoms with E-state index in [2.05, 4.69) is 15.4 Å². The van der Waals surface area contributed by atoms with Crippen molar-refractivity contribution in [1.82, 2.24) is 5.32 Å². The first kappa shape index (κ1) is 18.0. The van der Waals surface area contributed by atoms with E-state index in [-0.39, 0.29) is 30.6 Å². The second-order valence-electron chi connectivity index (χ2n) is 4.21. The van der Waals surface area contributed by atoms with Gasteiger partial charge in [-0.1, -0.05) is 0 Å². The number of esters is 1. The van der Waals surface area contributed by atoms with E-state index < -0.39 is 11.7 Å². The van der Waals surface area contributed by atoms with Gasteiger partial charge in [-0.05, 0) is 24.3 Å². The number of ether oxygens (including phenoxy) is 1. The summed E-state index contributed by atoms with van der Waals surface area (Å²) in [4.78, 5) is 33.9. The topological polar surface area (TPSA) is 84.5 Å². The standard InChI is InChI=1S/C14H17FN2O4S/c1-21-14(20)6-7-22-9-13(19)16-8-12(18)17-11-4-2-10(15)3-5-11/h2-5H,6-9H2,1H3,(H,16,19)(H,17,18). The molecule has 1 aromatic carbocycles. The van der Waals surface area contributed by atoms with Crippen molar-refractivity contribution in [3.05, 3.63) is 30.1 Å². The van der Waals surface area contributed by atoms with E-state index in [9.17, 15) is 18.8 Å². The predicted molar refractivity (Wildman–Crippen MR) is 82.0 cm³/mol. The second kappa shape index (κ2) is 9.78. The van der Waals surface area contributed by atoms with Crippen LogP contribution < -0.4 is 10.6 Å². The molecule has 0 aromatic heterocycles. The molecule has 0 aliphatic rings. The van der Waals surface area contributed by atoms with Gasteiger partial charge in [0, 0.05) is 11.4 Å². The molecule has 1 rings (SSSR count). The van der Waals surface area contributed by atoms with Crippen LogP contribution in [0.2, 0.25) is 0 Å². The van der Waals surface area contributed by atoms with E-state index in [0.29, 0.717) is 11.4 Å². The van der Waals surface area contributed by atoms with Gasteiger partial charge in [0.05, 0.1) is 25.8 Å². The SMILES string of the molecule is COC(=O)CCSCC(=O)NCC(=O)Nc1ccc(F)cc1. The molecule has 2 N–H and O–H groups in total. The second-order valence-corrected chi connectivity index (χ2v) is 5.32. The zero-order valence-corrected chi connectivity index (χ0v) is 12.9. The van der Waals surface area contributed by atoms with Gasteiger partial charge in [-0.2, -0.15) is 11.8 Å². The minimum Gasteiger partial charge on any atom is -0.469 e. The van der Waals surface area contributed by atoms with Gasteiger partial charge in [-0.15, -0.1) is 0 Å². The molecule has 0 aliphatic carbocycles. The van der Waals surface area contributed by atoms with Crippen LogP contribution in [0.4, 0.5) is 10.1 Å². The third kappa shape index (κ3) is 7.63. The Bertz CT molecular complexity index is 522. The lowest BCUT2D eigenvalue weighted by Gasteiger charge is -2.07. The van der Waals surface area contributed by atoms with Gasteiger partial charge >= 0.3 is 5.97 Å². The number of thioether (sulfide) groups is 1. The number of hydrogen-bond acceptors (Lipinski definition) is 5. The molecule has 0 spiro atoms. The fourth-order valence-electron chi connectivity index (χ4n) is 1.39. The highest BCUT2D eigenvalue weighted by molar-refractivity contribution is 7.99. The van der Waals surface area contributed by atoms with Gasteiger partial charge in [-0.25, -0.2) is 4.39 Å². The highest BCUT2D eigenvalue weighted by Crippen LogP contribution is 2.07. The smallest absolute Gasteiger partial charge is 0.306 e. The van der Waals surface area contributed by atoms with Crippen LogP contribution in [0.1, 0.15) is 6.42 Å². The average molecular weight is 328 g/mol. The first-order valence-electron chi connectivity index (χ1n) is 6.48. The first-order chi connectivity index (χ1) is 10.5. The number of nitrogens with one attached hydrogen (secondary N) is 2. The van der Waals surface area contributed by atoms with Gasteiger partial charge in [0.1, 0.15) is 5.82 Å². The summed E-state index contributed by atoms with van der Waals surface area (Å²) in [5.41, 5.74) is 0.452. The third-order valence-electron chi connectivity index (χ3n) is 2.49. The van der Waals surface area contributed by atoms with E-state index in [1.807, 2.05) is 0 Å². The molecular formula is C14H17FN2O4S. The summed E-state index contributed by atoms with van der Waals surface area (Å²) in [6.07, 6.45) is 0.236. The van der Waals surface area contributed by atoms with Crippen LogP contribution in [0.25, 0.3) is 0 Å². The normalized spacial score (nSPS) is 9.91. The average Bonchev–Trinajstić information content (AvgIpc) is 2.51. The van der Waals surface area contributed by atoms with Crippen LogP contribution in [0.3, 0.4) is 0 Å². The molecule has 0 fully saturated rings. The van der Waals surface area contributed by atoms with Crippen molar-refractivity contribution in [1.29, 1.82) is 0 Å². The number of hydrogen-bond donors (Lipinski definition) is 2. The molecule has 0 unspecified atom stereocenters. The van der Waals surface area contributed by atoms with E-state index in [1.165, 1.54) is 43.1 Å². The Morgan fingerprint density at radius 2 is 1.86 bits per heavy atom. The quantitative estimate of drug-likeness (QED) is 0.553. The van der Waals surface area contributed by atoms with Gasteiger partial charge in [0.2, 0.25) is 11.8 Å². The summed E-state index contributed by atoms with van der Waals surface area (Å²) in [7, 11) is 1.31. The van der Waals surface area contributed by atoms with E-state index in [1.54, 1.807) is 0 Å². The monoisotopic (exact) mass is 328 g/mol. The highest BCUT2D eigenvalue weighted by Gasteiger charge is 2.07. The molecule has 120 valence electrons. The number of halogens is 1. The summed E-state index contributed by atoms with van der Waals surface area (Å²) in [6, 6.07) is 5.31. The Morgan fingerprint density at radius 3 is 2.50 bits per heavy atom. The molecule has 0 heterocycles. The minimum atomic E-state index is -0.403. The molecule has 6 nitrogen and oxygen atoms in total. The Morgan fingerprint density at radius 1 is 1.18 bits per heavy atom. The lowest BCUT2D eigenvalue weighted by molar-refractivity contribution is -0.140. The van der Waals surface area contributed by atoms with Crippen LogP contribution in [0, 0.1) is 5.82 Å². The number of rotatable bonds is 8. The molecule has 0 saturated carbocycles. The van der Waals surface area contributed by atoms with E-state index in [4.69, 9.17) is 0 Å². The summed E-state index contributed by atoms with van der Waals surface area (Å²) < 4.78 is 17.2. The summed E-state index contributed by atoms with van der Waals surface area (Å²) in [6.45, 7) is -0.173. The van der Waals surface area contributed by atoms with Crippen LogP contribution in [-0.2, 0) is 19.1 Å². The molecule has 0 saturated heterocycles. The number of anilines is 1. The summed E-state index contributed by atoms with van der Waals surface area (Å²) in [5.74, 6) is -0.798. The number of carbonyl (C=O) groups is 3. The summed E-state index contributed by atoms with van der Waals surface area (Å²) >= 11 is 1.28. The maximum atomic E-state index is 12.7. The van der Waals surface area contributed by atoms with Crippen LogP contribution in [0.15, 0.2) is 24.3 Å². The van der Waals surface area contributed by atoms with Crippen molar-refractivity contribution in [2.45, 2.75) is 6.42 Å². The number of amides is 2. The van der Waals surface area contributed by atoms with Crippen molar-refractivity contribution in [3.8, 4) is 0 Å². The van der Waals surface area contributed by atoms with Gasteiger partial charge in [0.25, 0.3) is 0 Å². The fraction of sp³-hybridized carbons (Fsp3) is 0.357. The highest BCUT2D eigenvalue weighted by atomic mass is 32.2. The van der Waals surface area contributed by atoms with Crippen molar-refractivity contribution in [2.75, 3.05) is 30.5 Å². The molecule has 0 aliphatic heterocycles. The number of benzene rings is 1. The minimum absolute atomic E-state index is 0.154. The molecule has 2 amide bonds. The van der Waals surface area contributed by atoms with E-state index >= 15 is 0 Å². The first-order valence-corrected chi connectivity index (χ1v) is 7.63. The molecule has 0 radical (unpaired) electrons. The Hall–Kier alpha value is -2.09. The van der Waals surface area contributed by atoms with Gasteiger partial charge < -0.3 is 15.4 Å². The number of methoxy groups -OCH3 is 1. The van der Waals surface area contributed by atoms with Crippen LogP contribution >= 0.6 is 11.8 Å². The third-order valence-corrected chi connectivity index (χ3v) is 3.44. The van der Waals surface area contributed by atoms with Crippen molar-refractivity contribution >= 4 is 35.2 Å². The molecule has 0 bridgehead atoms. The Balaban J connectivity index is 2.16.